The molecule has 1 aromatic carbocycles. The van der Waals surface area contributed by atoms with Crippen molar-refractivity contribution in [3.8, 4) is 0 Å². The van der Waals surface area contributed by atoms with Gasteiger partial charge in [-0.25, -0.2) is 0 Å². The Kier molecular flexibility index (Phi) is 5.78. The lowest BCUT2D eigenvalue weighted by Gasteiger charge is -2.25. The van der Waals surface area contributed by atoms with Gasteiger partial charge in [-0.1, -0.05) is 24.6 Å². The zero-order valence-corrected chi connectivity index (χ0v) is 16.0. The number of carbonyl (C=O) groups is 1. The van der Waals surface area contributed by atoms with Gasteiger partial charge < -0.3 is 14.6 Å². The molecule has 1 N–H and O–H groups in total. The lowest BCUT2D eigenvalue weighted by Crippen LogP contribution is -2.29. The summed E-state index contributed by atoms with van der Waals surface area (Å²) < 4.78 is 5.76. The van der Waals surface area contributed by atoms with Crippen molar-refractivity contribution in [2.75, 3.05) is 37.6 Å². The molecule has 0 saturated carbocycles. The van der Waals surface area contributed by atoms with Crippen LogP contribution in [0.3, 0.4) is 0 Å². The van der Waals surface area contributed by atoms with Crippen LogP contribution in [0.4, 0.5) is 5.69 Å². The van der Waals surface area contributed by atoms with E-state index in [1.807, 2.05) is 6.07 Å². The number of rotatable bonds is 7. The van der Waals surface area contributed by atoms with E-state index >= 15 is 0 Å². The van der Waals surface area contributed by atoms with Gasteiger partial charge in [0.15, 0.2) is 5.76 Å². The first-order chi connectivity index (χ1) is 13.3. The molecule has 1 aromatic heterocycles. The van der Waals surface area contributed by atoms with Crippen molar-refractivity contribution in [1.29, 1.82) is 0 Å². The van der Waals surface area contributed by atoms with Crippen molar-refractivity contribution in [2.24, 2.45) is 0 Å². The van der Waals surface area contributed by atoms with Crippen LogP contribution >= 0.6 is 0 Å². The summed E-state index contributed by atoms with van der Waals surface area (Å²) in [5.41, 5.74) is 2.77. The van der Waals surface area contributed by atoms with Gasteiger partial charge in [0.1, 0.15) is 5.76 Å². The number of hydrogen-bond donors (Lipinski definition) is 1. The quantitative estimate of drug-likeness (QED) is 0.762. The third-order valence-electron chi connectivity index (χ3n) is 5.59. The van der Waals surface area contributed by atoms with Gasteiger partial charge in [-0.3, -0.25) is 9.69 Å². The van der Waals surface area contributed by atoms with Crippen molar-refractivity contribution in [2.45, 2.75) is 38.6 Å². The Hall–Kier alpha value is -2.27. The SMILES string of the molecule is O=C(NCCCN1CCc2ccccc21)c1ccc(CN2CCCCC2)o1. The fourth-order valence-corrected chi connectivity index (χ4v) is 4.12. The molecule has 0 aliphatic carbocycles. The second-order valence-corrected chi connectivity index (χ2v) is 7.58. The topological polar surface area (TPSA) is 48.7 Å². The van der Waals surface area contributed by atoms with Crippen LogP contribution in [0.25, 0.3) is 0 Å². The van der Waals surface area contributed by atoms with Gasteiger partial charge in [-0.2, -0.15) is 0 Å². The van der Waals surface area contributed by atoms with Crippen LogP contribution in [0.2, 0.25) is 0 Å². The number of anilines is 1. The summed E-state index contributed by atoms with van der Waals surface area (Å²) in [6, 6.07) is 12.3. The van der Waals surface area contributed by atoms with Gasteiger partial charge in [0.25, 0.3) is 5.91 Å². The molecule has 3 heterocycles. The van der Waals surface area contributed by atoms with Gasteiger partial charge in [0, 0.05) is 25.3 Å². The number of nitrogens with one attached hydrogen (secondary N) is 1. The predicted octanol–water partition coefficient (Wildman–Crippen LogP) is 3.45. The lowest BCUT2D eigenvalue weighted by molar-refractivity contribution is 0.0921. The number of benzene rings is 1. The van der Waals surface area contributed by atoms with Crippen LogP contribution in [0, 0.1) is 0 Å². The minimum absolute atomic E-state index is 0.110. The Balaban J connectivity index is 1.20. The number of piperidine rings is 1. The Morgan fingerprint density at radius 1 is 1.04 bits per heavy atom. The highest BCUT2D eigenvalue weighted by Gasteiger charge is 2.18. The molecule has 2 aliphatic heterocycles. The smallest absolute Gasteiger partial charge is 0.286 e. The van der Waals surface area contributed by atoms with Gasteiger partial charge >= 0.3 is 0 Å². The summed E-state index contributed by atoms with van der Waals surface area (Å²) in [5, 5.41) is 2.99. The minimum atomic E-state index is -0.110. The molecule has 0 atom stereocenters. The van der Waals surface area contributed by atoms with Gasteiger partial charge in [0.05, 0.1) is 6.54 Å². The van der Waals surface area contributed by atoms with E-state index in [1.165, 1.54) is 30.5 Å². The standard InChI is InChI=1S/C22H29N3O2/c26-22(21-10-9-19(27-21)17-24-13-4-1-5-14-24)23-12-6-15-25-16-11-18-7-2-3-8-20(18)25/h2-3,7-10H,1,4-6,11-17H2,(H,23,26). The average Bonchev–Trinajstić information content (AvgIpc) is 3.33. The number of para-hydroxylation sites is 1. The molecule has 144 valence electrons. The molecule has 0 unspecified atom stereocenters. The van der Waals surface area contributed by atoms with E-state index in [9.17, 15) is 4.79 Å². The molecule has 0 spiro atoms. The summed E-state index contributed by atoms with van der Waals surface area (Å²) in [5.74, 6) is 1.20. The van der Waals surface area contributed by atoms with E-state index in [1.54, 1.807) is 6.07 Å². The van der Waals surface area contributed by atoms with E-state index in [2.05, 4.69) is 39.4 Å². The van der Waals surface area contributed by atoms with Crippen molar-refractivity contribution < 1.29 is 9.21 Å². The summed E-state index contributed by atoms with van der Waals surface area (Å²) in [7, 11) is 0. The first kappa shape index (κ1) is 18.1. The molecule has 5 heteroatoms. The average molecular weight is 367 g/mol. The third-order valence-corrected chi connectivity index (χ3v) is 5.59. The van der Waals surface area contributed by atoms with Crippen LogP contribution in [0.1, 0.15) is 47.6 Å². The Morgan fingerprint density at radius 3 is 2.78 bits per heavy atom. The van der Waals surface area contributed by atoms with E-state index < -0.39 is 0 Å². The zero-order chi connectivity index (χ0) is 18.5. The van der Waals surface area contributed by atoms with Crippen molar-refractivity contribution in [3.05, 3.63) is 53.5 Å². The molecule has 2 aromatic rings. The molecule has 5 nitrogen and oxygen atoms in total. The Labute approximate surface area is 161 Å². The second-order valence-electron chi connectivity index (χ2n) is 7.58. The summed E-state index contributed by atoms with van der Waals surface area (Å²) >= 11 is 0. The highest BCUT2D eigenvalue weighted by atomic mass is 16.4. The monoisotopic (exact) mass is 367 g/mol. The molecular weight excluding hydrogens is 338 g/mol. The molecule has 27 heavy (non-hydrogen) atoms. The first-order valence-corrected chi connectivity index (χ1v) is 10.2. The van der Waals surface area contributed by atoms with E-state index in [0.717, 1.165) is 51.3 Å². The van der Waals surface area contributed by atoms with Crippen LogP contribution in [0.5, 0.6) is 0 Å². The predicted molar refractivity (Wildman–Crippen MR) is 107 cm³/mol. The fraction of sp³-hybridized carbons (Fsp3) is 0.500. The molecule has 0 bridgehead atoms. The molecule has 0 radical (unpaired) electrons. The van der Waals surface area contributed by atoms with Crippen molar-refractivity contribution >= 4 is 11.6 Å². The number of amides is 1. The third kappa shape index (κ3) is 4.53. The van der Waals surface area contributed by atoms with Crippen LogP contribution in [0.15, 0.2) is 40.8 Å². The maximum atomic E-state index is 12.3. The Morgan fingerprint density at radius 2 is 1.89 bits per heavy atom. The van der Waals surface area contributed by atoms with Crippen molar-refractivity contribution in [1.82, 2.24) is 10.2 Å². The number of carbonyl (C=O) groups excluding carboxylic acids is 1. The zero-order valence-electron chi connectivity index (χ0n) is 16.0. The molecule has 4 rings (SSSR count). The van der Waals surface area contributed by atoms with Gasteiger partial charge in [0.2, 0.25) is 0 Å². The van der Waals surface area contributed by atoms with Gasteiger partial charge in [-0.15, -0.1) is 0 Å². The fourth-order valence-electron chi connectivity index (χ4n) is 4.12. The number of nitrogens with zero attached hydrogens (tertiary/aromatic N) is 2. The van der Waals surface area contributed by atoms with E-state index in [0.29, 0.717) is 12.3 Å². The number of likely N-dealkylation sites (tertiary alicyclic amines) is 1. The summed E-state index contributed by atoms with van der Waals surface area (Å²) in [6.07, 6.45) is 5.90. The highest BCUT2D eigenvalue weighted by Crippen LogP contribution is 2.27. The maximum absolute atomic E-state index is 12.3. The van der Waals surface area contributed by atoms with Gasteiger partial charge in [-0.05, 0) is 62.5 Å². The molecule has 2 aliphatic rings. The number of hydrogen-bond acceptors (Lipinski definition) is 4. The van der Waals surface area contributed by atoms with Crippen molar-refractivity contribution in [3.63, 3.8) is 0 Å². The molecule has 1 fully saturated rings. The maximum Gasteiger partial charge on any atom is 0.286 e. The molecule has 1 amide bonds. The Bertz CT molecular complexity index is 764. The largest absolute Gasteiger partial charge is 0.455 e. The molecular formula is C22H29N3O2. The normalized spacial score (nSPS) is 17.1. The first-order valence-electron chi connectivity index (χ1n) is 10.2. The second kappa shape index (κ2) is 8.61. The molecule has 1 saturated heterocycles. The number of furan rings is 1. The van der Waals surface area contributed by atoms with Crippen LogP contribution in [-0.2, 0) is 13.0 Å². The lowest BCUT2D eigenvalue weighted by atomic mass is 10.1. The van der Waals surface area contributed by atoms with Crippen LogP contribution < -0.4 is 10.2 Å². The summed E-state index contributed by atoms with van der Waals surface area (Å²) in [6.45, 7) is 5.77. The van der Waals surface area contributed by atoms with E-state index in [4.69, 9.17) is 4.42 Å². The highest BCUT2D eigenvalue weighted by molar-refractivity contribution is 5.91. The number of fused-ring (bicyclic) bond motifs is 1. The summed E-state index contributed by atoms with van der Waals surface area (Å²) in [4.78, 5) is 17.1. The van der Waals surface area contributed by atoms with E-state index in [-0.39, 0.29) is 5.91 Å². The minimum Gasteiger partial charge on any atom is -0.455 e. The van der Waals surface area contributed by atoms with Crippen LogP contribution in [-0.4, -0.2) is 43.5 Å².